The number of aliphatic hydroxyl groups excluding tert-OH is 1. The molecule has 4 atom stereocenters. The molecule has 0 aromatic carbocycles. The molecule has 0 saturated heterocycles. The first-order valence-electron chi connectivity index (χ1n) is 7.59. The van der Waals surface area contributed by atoms with Crippen molar-refractivity contribution in [2.24, 2.45) is 22.7 Å². The van der Waals surface area contributed by atoms with E-state index in [1.54, 1.807) is 0 Å². The van der Waals surface area contributed by atoms with E-state index >= 15 is 0 Å². The largest absolute Gasteiger partial charge is 0.465 e. The average molecular weight is 268 g/mol. The molecule has 2 aliphatic rings. The van der Waals surface area contributed by atoms with Crippen molar-refractivity contribution in [3.63, 3.8) is 0 Å². The molecule has 110 valence electrons. The summed E-state index contributed by atoms with van der Waals surface area (Å²) in [6.07, 6.45) is 5.24. The van der Waals surface area contributed by atoms with Gasteiger partial charge in [-0.3, -0.25) is 4.79 Å². The number of esters is 1. The molecule has 2 saturated carbocycles. The molecule has 0 amide bonds. The van der Waals surface area contributed by atoms with Crippen LogP contribution in [-0.4, -0.2) is 23.8 Å². The van der Waals surface area contributed by atoms with Gasteiger partial charge in [-0.05, 0) is 42.4 Å². The van der Waals surface area contributed by atoms with Gasteiger partial charge in [0.05, 0.1) is 12.7 Å². The molecule has 19 heavy (non-hydrogen) atoms. The zero-order chi connectivity index (χ0) is 14.3. The van der Waals surface area contributed by atoms with Gasteiger partial charge in [0.15, 0.2) is 0 Å². The molecule has 0 aromatic rings. The van der Waals surface area contributed by atoms with Crippen LogP contribution in [0.25, 0.3) is 0 Å². The van der Waals surface area contributed by atoms with Crippen molar-refractivity contribution in [2.75, 3.05) is 6.61 Å². The first-order valence-corrected chi connectivity index (χ1v) is 7.59. The van der Waals surface area contributed by atoms with Crippen LogP contribution in [0.2, 0.25) is 0 Å². The minimum atomic E-state index is -0.325. The molecule has 0 spiro atoms. The van der Waals surface area contributed by atoms with Gasteiger partial charge in [-0.1, -0.05) is 27.2 Å². The van der Waals surface area contributed by atoms with Crippen LogP contribution in [0.5, 0.6) is 0 Å². The molecule has 0 bridgehead atoms. The topological polar surface area (TPSA) is 46.5 Å². The number of carbonyl (C=O) groups excluding carboxylic acids is 1. The van der Waals surface area contributed by atoms with E-state index in [2.05, 4.69) is 20.8 Å². The first-order chi connectivity index (χ1) is 8.77. The van der Waals surface area contributed by atoms with E-state index in [-0.39, 0.29) is 23.4 Å². The van der Waals surface area contributed by atoms with Crippen molar-refractivity contribution in [2.45, 2.75) is 65.9 Å². The molecule has 0 unspecified atom stereocenters. The summed E-state index contributed by atoms with van der Waals surface area (Å²) in [7, 11) is 0. The van der Waals surface area contributed by atoms with Crippen LogP contribution in [0.4, 0.5) is 0 Å². The standard InChI is InChI=1S/C16H28O3/c1-11(17)19-10-12-13(18)6-7-14-15(2,3)8-5-9-16(12,14)4/h12-14,18H,5-10H2,1-4H3/t12-,13-,14-,16+/m0/s1. The lowest BCUT2D eigenvalue weighted by Crippen LogP contribution is -2.54. The fraction of sp³-hybridized carbons (Fsp3) is 0.938. The summed E-state index contributed by atoms with van der Waals surface area (Å²) in [6, 6.07) is 0. The fourth-order valence-corrected chi connectivity index (χ4v) is 4.82. The highest BCUT2D eigenvalue weighted by Gasteiger charge is 2.54. The molecule has 0 aromatic heterocycles. The highest BCUT2D eigenvalue weighted by Crippen LogP contribution is 2.59. The molecule has 2 rings (SSSR count). The zero-order valence-corrected chi connectivity index (χ0v) is 12.7. The molecule has 3 nitrogen and oxygen atoms in total. The number of ether oxygens (including phenoxy) is 1. The maximum absolute atomic E-state index is 11.1. The Labute approximate surface area is 116 Å². The Morgan fingerprint density at radius 3 is 2.58 bits per heavy atom. The Balaban J connectivity index is 2.22. The Morgan fingerprint density at radius 2 is 1.95 bits per heavy atom. The Bertz CT molecular complexity index is 350. The van der Waals surface area contributed by atoms with Crippen molar-refractivity contribution in [3.05, 3.63) is 0 Å². The van der Waals surface area contributed by atoms with E-state index < -0.39 is 0 Å². The molecule has 3 heteroatoms. The second kappa shape index (κ2) is 5.08. The number of aliphatic hydroxyl groups is 1. The second-order valence-corrected chi connectivity index (χ2v) is 7.45. The summed E-state index contributed by atoms with van der Waals surface area (Å²) >= 11 is 0. The van der Waals surface area contributed by atoms with Crippen LogP contribution in [0.1, 0.15) is 59.8 Å². The van der Waals surface area contributed by atoms with Crippen LogP contribution in [0.3, 0.4) is 0 Å². The van der Waals surface area contributed by atoms with Crippen molar-refractivity contribution in [1.82, 2.24) is 0 Å². The highest BCUT2D eigenvalue weighted by molar-refractivity contribution is 5.65. The smallest absolute Gasteiger partial charge is 0.302 e. The van der Waals surface area contributed by atoms with Crippen LogP contribution < -0.4 is 0 Å². The van der Waals surface area contributed by atoms with Gasteiger partial charge in [-0.25, -0.2) is 0 Å². The van der Waals surface area contributed by atoms with E-state index in [0.717, 1.165) is 19.3 Å². The third kappa shape index (κ3) is 2.67. The predicted octanol–water partition coefficient (Wildman–Crippen LogP) is 3.15. The van der Waals surface area contributed by atoms with Gasteiger partial charge in [0.2, 0.25) is 0 Å². The lowest BCUT2D eigenvalue weighted by atomic mass is 9.48. The van der Waals surface area contributed by atoms with Gasteiger partial charge in [-0.15, -0.1) is 0 Å². The van der Waals surface area contributed by atoms with Crippen molar-refractivity contribution in [1.29, 1.82) is 0 Å². The van der Waals surface area contributed by atoms with Crippen molar-refractivity contribution < 1.29 is 14.6 Å². The van der Waals surface area contributed by atoms with E-state index in [0.29, 0.717) is 17.9 Å². The summed E-state index contributed by atoms with van der Waals surface area (Å²) in [5.41, 5.74) is 0.441. The molecule has 2 aliphatic carbocycles. The van der Waals surface area contributed by atoms with E-state index in [1.165, 1.54) is 19.8 Å². The van der Waals surface area contributed by atoms with E-state index in [9.17, 15) is 9.90 Å². The van der Waals surface area contributed by atoms with Crippen molar-refractivity contribution >= 4 is 5.97 Å². The Kier molecular flexibility index (Phi) is 3.97. The number of fused-ring (bicyclic) bond motifs is 1. The third-order valence-corrected chi connectivity index (χ3v) is 5.80. The molecule has 2 fully saturated rings. The Morgan fingerprint density at radius 1 is 1.26 bits per heavy atom. The SMILES string of the molecule is CC(=O)OC[C@H]1[C@@H](O)CC[C@H]2C(C)(C)CCC[C@]12C. The van der Waals surface area contributed by atoms with Crippen LogP contribution >= 0.6 is 0 Å². The van der Waals surface area contributed by atoms with Gasteiger partial charge < -0.3 is 9.84 Å². The normalized spacial score (nSPS) is 41.4. The number of hydrogen-bond acceptors (Lipinski definition) is 3. The maximum atomic E-state index is 11.1. The van der Waals surface area contributed by atoms with Crippen LogP contribution in [0, 0.1) is 22.7 Å². The Hall–Kier alpha value is -0.570. The molecular weight excluding hydrogens is 240 g/mol. The molecule has 0 aliphatic heterocycles. The van der Waals surface area contributed by atoms with E-state index in [4.69, 9.17) is 4.74 Å². The summed E-state index contributed by atoms with van der Waals surface area (Å²) < 4.78 is 5.24. The summed E-state index contributed by atoms with van der Waals surface area (Å²) in [4.78, 5) is 11.1. The molecular formula is C16H28O3. The second-order valence-electron chi connectivity index (χ2n) is 7.45. The predicted molar refractivity (Wildman–Crippen MR) is 74.6 cm³/mol. The minimum absolute atomic E-state index is 0.0923. The quantitative estimate of drug-likeness (QED) is 0.783. The molecule has 0 heterocycles. The summed E-state index contributed by atoms with van der Waals surface area (Å²) in [6.45, 7) is 8.83. The number of rotatable bonds is 2. The zero-order valence-electron chi connectivity index (χ0n) is 12.7. The number of hydrogen-bond donors (Lipinski definition) is 1. The number of carbonyl (C=O) groups is 1. The maximum Gasteiger partial charge on any atom is 0.302 e. The van der Waals surface area contributed by atoms with Gasteiger partial charge in [-0.2, -0.15) is 0 Å². The highest BCUT2D eigenvalue weighted by atomic mass is 16.5. The third-order valence-electron chi connectivity index (χ3n) is 5.80. The van der Waals surface area contributed by atoms with Crippen molar-refractivity contribution in [3.8, 4) is 0 Å². The van der Waals surface area contributed by atoms with Crippen LogP contribution in [0.15, 0.2) is 0 Å². The van der Waals surface area contributed by atoms with Gasteiger partial charge in [0, 0.05) is 12.8 Å². The lowest BCUT2D eigenvalue weighted by molar-refractivity contribution is -0.161. The van der Waals surface area contributed by atoms with Gasteiger partial charge in [0.25, 0.3) is 0 Å². The summed E-state index contributed by atoms with van der Waals surface area (Å²) in [5, 5.41) is 10.4. The van der Waals surface area contributed by atoms with E-state index in [1.807, 2.05) is 0 Å². The van der Waals surface area contributed by atoms with Gasteiger partial charge >= 0.3 is 5.97 Å². The van der Waals surface area contributed by atoms with Gasteiger partial charge in [0.1, 0.15) is 0 Å². The molecule has 0 radical (unpaired) electrons. The minimum Gasteiger partial charge on any atom is -0.465 e. The monoisotopic (exact) mass is 268 g/mol. The average Bonchev–Trinajstić information content (AvgIpc) is 2.26. The lowest BCUT2D eigenvalue weighted by Gasteiger charge is -2.58. The fourth-order valence-electron chi connectivity index (χ4n) is 4.82. The molecule has 1 N–H and O–H groups in total. The first kappa shape index (κ1) is 14.8. The summed E-state index contributed by atoms with van der Waals surface area (Å²) in [5.74, 6) is 0.473. The van der Waals surface area contributed by atoms with Crippen LogP contribution in [-0.2, 0) is 9.53 Å².